The minimum atomic E-state index is -0.981. The molecule has 0 fully saturated rings. The van der Waals surface area contributed by atoms with E-state index in [1.807, 2.05) is 0 Å². The highest BCUT2D eigenvalue weighted by molar-refractivity contribution is 5.78. The third-order valence-corrected chi connectivity index (χ3v) is 5.13. The van der Waals surface area contributed by atoms with E-state index in [2.05, 4.69) is 20.4 Å². The Labute approximate surface area is 171 Å². The standard InChI is InChI=1S/C22H46.C3H4O2/c1-3-5-7-9-11-13-15-17-19-21-22-20-18-16-14-12-10-8-6-4-2;1-2-3(4)5/h3-22H2,1-2H3;2H,1H2,(H,4,5). The number of aliphatic carboxylic acids is 1. The van der Waals surface area contributed by atoms with E-state index in [0.717, 1.165) is 6.08 Å². The molecule has 0 aromatic heterocycles. The SMILES string of the molecule is C=CC(=O)O.CCCCCCCCCCCCCCCCCCCCCC. The summed E-state index contributed by atoms with van der Waals surface area (Å²) in [4.78, 5) is 9.25. The molecule has 2 heteroatoms. The molecule has 0 rings (SSSR count). The lowest BCUT2D eigenvalue weighted by atomic mass is 10.0. The molecule has 0 aliphatic rings. The lowest BCUT2D eigenvalue weighted by Gasteiger charge is -2.03. The monoisotopic (exact) mass is 382 g/mol. The maximum Gasteiger partial charge on any atom is 0.327 e. The zero-order valence-corrected chi connectivity index (χ0v) is 18.8. The van der Waals surface area contributed by atoms with Gasteiger partial charge in [-0.1, -0.05) is 149 Å². The topological polar surface area (TPSA) is 37.3 Å². The Balaban J connectivity index is 0. The van der Waals surface area contributed by atoms with Crippen molar-refractivity contribution in [3.63, 3.8) is 0 Å². The molecule has 0 aromatic carbocycles. The van der Waals surface area contributed by atoms with Crippen LogP contribution < -0.4 is 0 Å². The van der Waals surface area contributed by atoms with Crippen LogP contribution in [-0.4, -0.2) is 11.1 Å². The summed E-state index contributed by atoms with van der Waals surface area (Å²) in [6, 6.07) is 0. The van der Waals surface area contributed by atoms with Crippen molar-refractivity contribution in [3.05, 3.63) is 12.7 Å². The van der Waals surface area contributed by atoms with Crippen molar-refractivity contribution >= 4 is 5.97 Å². The average Bonchev–Trinajstić information content (AvgIpc) is 2.67. The molecule has 0 aliphatic carbocycles. The Morgan fingerprint density at radius 1 is 0.556 bits per heavy atom. The number of hydrogen-bond acceptors (Lipinski definition) is 1. The van der Waals surface area contributed by atoms with E-state index in [1.165, 1.54) is 128 Å². The first-order valence-corrected chi connectivity index (χ1v) is 12.0. The first-order valence-electron chi connectivity index (χ1n) is 12.0. The fraction of sp³-hybridized carbons (Fsp3) is 0.880. The zero-order valence-electron chi connectivity index (χ0n) is 18.8. The molecule has 0 bridgehead atoms. The van der Waals surface area contributed by atoms with E-state index < -0.39 is 5.97 Å². The van der Waals surface area contributed by atoms with Crippen LogP contribution in [-0.2, 0) is 4.79 Å². The molecular formula is C25H50O2. The minimum absolute atomic E-state index is 0.833. The van der Waals surface area contributed by atoms with Crippen LogP contribution in [0, 0.1) is 0 Å². The van der Waals surface area contributed by atoms with Crippen LogP contribution >= 0.6 is 0 Å². The molecule has 0 saturated heterocycles. The molecule has 0 spiro atoms. The second-order valence-electron chi connectivity index (χ2n) is 7.91. The summed E-state index contributed by atoms with van der Waals surface area (Å²) < 4.78 is 0. The van der Waals surface area contributed by atoms with Crippen LogP contribution in [0.15, 0.2) is 12.7 Å². The molecule has 0 aliphatic heterocycles. The Morgan fingerprint density at radius 3 is 0.815 bits per heavy atom. The number of carboxylic acids is 1. The summed E-state index contributed by atoms with van der Waals surface area (Å²) >= 11 is 0. The predicted octanol–water partition coefficient (Wildman–Crippen LogP) is 9.09. The van der Waals surface area contributed by atoms with Gasteiger partial charge >= 0.3 is 5.97 Å². The fourth-order valence-electron chi connectivity index (χ4n) is 3.33. The molecule has 0 saturated carbocycles. The van der Waals surface area contributed by atoms with Crippen LogP contribution in [0.5, 0.6) is 0 Å². The summed E-state index contributed by atoms with van der Waals surface area (Å²) in [5.74, 6) is -0.981. The fourth-order valence-corrected chi connectivity index (χ4v) is 3.33. The molecule has 0 unspecified atom stereocenters. The van der Waals surface area contributed by atoms with Crippen molar-refractivity contribution in [3.8, 4) is 0 Å². The Bertz CT molecular complexity index is 266. The first-order chi connectivity index (χ1) is 13.2. The molecule has 0 radical (unpaired) electrons. The van der Waals surface area contributed by atoms with Gasteiger partial charge in [-0.05, 0) is 0 Å². The van der Waals surface area contributed by atoms with Gasteiger partial charge in [0, 0.05) is 6.08 Å². The van der Waals surface area contributed by atoms with Crippen LogP contribution in [0.2, 0.25) is 0 Å². The van der Waals surface area contributed by atoms with Gasteiger partial charge in [0.1, 0.15) is 0 Å². The average molecular weight is 383 g/mol. The van der Waals surface area contributed by atoms with Crippen LogP contribution in [0.25, 0.3) is 0 Å². The van der Waals surface area contributed by atoms with Crippen molar-refractivity contribution in [2.45, 2.75) is 142 Å². The van der Waals surface area contributed by atoms with E-state index in [9.17, 15) is 4.79 Å². The van der Waals surface area contributed by atoms with Crippen molar-refractivity contribution in [2.24, 2.45) is 0 Å². The largest absolute Gasteiger partial charge is 0.478 e. The Hall–Kier alpha value is -0.790. The minimum Gasteiger partial charge on any atom is -0.478 e. The number of carbonyl (C=O) groups is 1. The van der Waals surface area contributed by atoms with Crippen LogP contribution in [0.1, 0.15) is 142 Å². The van der Waals surface area contributed by atoms with E-state index in [-0.39, 0.29) is 0 Å². The van der Waals surface area contributed by atoms with Crippen LogP contribution in [0.3, 0.4) is 0 Å². The van der Waals surface area contributed by atoms with Crippen molar-refractivity contribution < 1.29 is 9.90 Å². The molecule has 2 nitrogen and oxygen atoms in total. The van der Waals surface area contributed by atoms with Crippen LogP contribution in [0.4, 0.5) is 0 Å². The number of carboxylic acid groups (broad SMARTS) is 1. The lowest BCUT2D eigenvalue weighted by Crippen LogP contribution is -1.84. The Morgan fingerprint density at radius 2 is 0.704 bits per heavy atom. The smallest absolute Gasteiger partial charge is 0.327 e. The van der Waals surface area contributed by atoms with Gasteiger partial charge in [-0.3, -0.25) is 0 Å². The van der Waals surface area contributed by atoms with Crippen molar-refractivity contribution in [1.82, 2.24) is 0 Å². The van der Waals surface area contributed by atoms with Crippen molar-refractivity contribution in [1.29, 1.82) is 0 Å². The highest BCUT2D eigenvalue weighted by Gasteiger charge is 1.94. The first kappa shape index (κ1) is 28.4. The maximum atomic E-state index is 9.25. The normalized spacial score (nSPS) is 10.3. The summed E-state index contributed by atoms with van der Waals surface area (Å²) in [7, 11) is 0. The summed E-state index contributed by atoms with van der Waals surface area (Å²) in [5.41, 5.74) is 0. The molecule has 0 amide bonds. The van der Waals surface area contributed by atoms with Gasteiger partial charge < -0.3 is 5.11 Å². The van der Waals surface area contributed by atoms with E-state index in [1.54, 1.807) is 0 Å². The molecule has 1 N–H and O–H groups in total. The summed E-state index contributed by atoms with van der Waals surface area (Å²) in [6.07, 6.45) is 30.2. The van der Waals surface area contributed by atoms with Gasteiger partial charge in [0.15, 0.2) is 0 Å². The Kier molecular flexibility index (Phi) is 28.9. The molecule has 0 heterocycles. The highest BCUT2D eigenvalue weighted by Crippen LogP contribution is 2.14. The molecular weight excluding hydrogens is 332 g/mol. The maximum absolute atomic E-state index is 9.25. The lowest BCUT2D eigenvalue weighted by molar-refractivity contribution is -0.131. The third-order valence-electron chi connectivity index (χ3n) is 5.13. The molecule has 0 aromatic rings. The quantitative estimate of drug-likeness (QED) is 0.168. The van der Waals surface area contributed by atoms with Gasteiger partial charge in [-0.2, -0.15) is 0 Å². The van der Waals surface area contributed by atoms with Gasteiger partial charge in [0.05, 0.1) is 0 Å². The van der Waals surface area contributed by atoms with E-state index >= 15 is 0 Å². The summed E-state index contributed by atoms with van der Waals surface area (Å²) in [6.45, 7) is 7.56. The molecule has 0 atom stereocenters. The van der Waals surface area contributed by atoms with Gasteiger partial charge in [-0.15, -0.1) is 0 Å². The van der Waals surface area contributed by atoms with Gasteiger partial charge in [-0.25, -0.2) is 4.79 Å². The second-order valence-corrected chi connectivity index (χ2v) is 7.91. The zero-order chi connectivity index (χ0) is 20.4. The number of hydrogen-bond donors (Lipinski definition) is 1. The van der Waals surface area contributed by atoms with E-state index in [4.69, 9.17) is 5.11 Å². The molecule has 27 heavy (non-hydrogen) atoms. The van der Waals surface area contributed by atoms with Crippen molar-refractivity contribution in [2.75, 3.05) is 0 Å². The van der Waals surface area contributed by atoms with Gasteiger partial charge in [0.25, 0.3) is 0 Å². The molecule has 162 valence electrons. The van der Waals surface area contributed by atoms with E-state index in [0.29, 0.717) is 0 Å². The number of unbranched alkanes of at least 4 members (excludes halogenated alkanes) is 19. The summed E-state index contributed by atoms with van der Waals surface area (Å²) in [5, 5.41) is 7.60. The third kappa shape index (κ3) is 33.2. The second kappa shape index (κ2) is 27.4. The number of rotatable bonds is 20. The highest BCUT2D eigenvalue weighted by atomic mass is 16.4. The predicted molar refractivity (Wildman–Crippen MR) is 122 cm³/mol. The van der Waals surface area contributed by atoms with Gasteiger partial charge in [0.2, 0.25) is 0 Å².